The summed E-state index contributed by atoms with van der Waals surface area (Å²) in [7, 11) is -22.3. The van der Waals surface area contributed by atoms with Crippen molar-refractivity contribution in [3.8, 4) is 0 Å². The fourth-order valence-electron chi connectivity index (χ4n) is 2.29. The van der Waals surface area contributed by atoms with Crippen molar-refractivity contribution in [2.24, 2.45) is 0 Å². The number of hydrogen-bond donors (Lipinski definition) is 8. The molecule has 42 heavy (non-hydrogen) atoms. The van der Waals surface area contributed by atoms with Crippen LogP contribution in [0.25, 0.3) is 0 Å². The van der Waals surface area contributed by atoms with Crippen LogP contribution in [0.3, 0.4) is 0 Å². The van der Waals surface area contributed by atoms with Crippen LogP contribution in [0.4, 0.5) is 0 Å². The zero-order valence-electron chi connectivity index (χ0n) is 21.7. The van der Waals surface area contributed by atoms with E-state index in [-0.39, 0.29) is 103 Å². The Bertz CT molecular complexity index is 1020. The van der Waals surface area contributed by atoms with E-state index in [4.69, 9.17) is 29.4 Å². The third-order valence-electron chi connectivity index (χ3n) is 4.17. The molecular weight excluding hydrogens is 686 g/mol. The molecule has 0 aromatic carbocycles. The summed E-state index contributed by atoms with van der Waals surface area (Å²) >= 11 is 0. The molecule has 0 saturated carbocycles. The fourth-order valence-corrected chi connectivity index (χ4v) is 6.46. The van der Waals surface area contributed by atoms with Crippen molar-refractivity contribution in [2.75, 3.05) is 0 Å². The Kier molecular flexibility index (Phi) is 33.7. The van der Waals surface area contributed by atoms with Crippen molar-refractivity contribution >= 4 is 30.4 Å². The summed E-state index contributed by atoms with van der Waals surface area (Å²) in [5.74, 6) is 0. The molecule has 240 valence electrons. The maximum Gasteiger partial charge on any atom is 1.00 e. The van der Waals surface area contributed by atoms with Gasteiger partial charge in [-0.15, -0.1) is 0 Å². The molecule has 22 nitrogen and oxygen atoms in total. The third-order valence-corrected chi connectivity index (χ3v) is 11.6. The van der Waals surface area contributed by atoms with E-state index in [1.165, 1.54) is 36.7 Å². The van der Waals surface area contributed by atoms with E-state index in [1.54, 1.807) is 0 Å². The van der Waals surface area contributed by atoms with E-state index < -0.39 is 53.4 Å². The van der Waals surface area contributed by atoms with Crippen molar-refractivity contribution in [1.29, 1.82) is 0 Å². The zero-order valence-corrected chi connectivity index (χ0v) is 29.3. The van der Waals surface area contributed by atoms with Crippen LogP contribution in [0.15, 0.2) is 49.1 Å². The topological polar surface area (TPSA) is 491 Å². The zero-order chi connectivity index (χ0) is 26.6. The molecule has 2 rings (SSSR count). The summed E-state index contributed by atoms with van der Waals surface area (Å²) in [6.45, 7) is 0. The van der Waals surface area contributed by atoms with Gasteiger partial charge in [0.15, 0.2) is 15.2 Å². The molecule has 28 heteroatoms. The van der Waals surface area contributed by atoms with Crippen LogP contribution in [0.1, 0.15) is 11.1 Å². The van der Waals surface area contributed by atoms with Gasteiger partial charge in [0.25, 0.3) is 0 Å². The maximum atomic E-state index is 11.0. The van der Waals surface area contributed by atoms with E-state index in [0.717, 1.165) is 12.4 Å². The first kappa shape index (κ1) is 61.6. The smallest absolute Gasteiger partial charge is 0.776 e. The summed E-state index contributed by atoms with van der Waals surface area (Å²) in [6, 6.07) is 5.40. The Hall–Kier alpha value is 0.580. The van der Waals surface area contributed by atoms with Crippen LogP contribution in [-0.4, -0.2) is 92.6 Å². The molecule has 4 unspecified atom stereocenters. The van der Waals surface area contributed by atoms with Crippen LogP contribution in [-0.2, 0) is 31.1 Å². The van der Waals surface area contributed by atoms with Crippen LogP contribution >= 0.6 is 30.4 Å². The quantitative estimate of drug-likeness (QED) is 0.0927. The second kappa shape index (κ2) is 23.0. The number of rotatable bonds is 8. The van der Waals surface area contributed by atoms with E-state index in [9.17, 15) is 38.3 Å². The summed E-state index contributed by atoms with van der Waals surface area (Å²) in [5.41, 5.74) is 0.118. The Morgan fingerprint density at radius 2 is 0.833 bits per heavy atom. The van der Waals surface area contributed by atoms with Gasteiger partial charge in [-0.1, -0.05) is 12.1 Å². The van der Waals surface area contributed by atoms with Crippen molar-refractivity contribution in [2.45, 2.75) is 23.0 Å². The molecule has 4 atom stereocenters. The Labute approximate surface area is 281 Å². The molecule has 2 heterocycles. The van der Waals surface area contributed by atoms with Gasteiger partial charge in [0.1, 0.15) is 0 Å². The minimum atomic E-state index is -5.66. The predicted molar refractivity (Wildman–Crippen MR) is 131 cm³/mol. The van der Waals surface area contributed by atoms with Crippen molar-refractivity contribution in [3.63, 3.8) is 0 Å². The van der Waals surface area contributed by atoms with Gasteiger partial charge in [-0.2, -0.15) is 0 Å². The van der Waals surface area contributed by atoms with E-state index in [1.807, 2.05) is 0 Å². The third kappa shape index (κ3) is 16.2. The summed E-state index contributed by atoms with van der Waals surface area (Å²) in [6.07, 6.45) is 3.04. The van der Waals surface area contributed by atoms with E-state index >= 15 is 0 Å². The van der Waals surface area contributed by atoms with Crippen LogP contribution in [0.5, 0.6) is 0 Å². The fraction of sp³-hybridized carbons (Fsp3) is 0.286. The van der Waals surface area contributed by atoms with Gasteiger partial charge >= 0.3 is 74.3 Å². The monoisotopic (exact) mass is 718 g/mol. The Morgan fingerprint density at radius 3 is 0.976 bits per heavy atom. The van der Waals surface area contributed by atoms with Crippen molar-refractivity contribution in [3.05, 3.63) is 60.2 Å². The molecule has 0 fully saturated rings. The van der Waals surface area contributed by atoms with E-state index in [2.05, 4.69) is 9.97 Å². The largest absolute Gasteiger partial charge is 1.00 e. The molecule has 0 aliphatic carbocycles. The molecule has 0 saturated heterocycles. The van der Waals surface area contributed by atoms with Gasteiger partial charge in [0.2, 0.25) is 10.2 Å². The number of nitrogens with zero attached hydrogens (tertiary/aromatic N) is 2. The standard InChI is InChI=1S/2C7H11NO7P2.2Na.6H2O/c2*9-7(16(10,11)12,17(13,14)15)4-6-2-1-3-8-5-6;;;;;;;;/h2*1-3,5,9H,4H2,(H2,10,11,12)(H2,13,14,15);;;6*1H2/q;;2*+1;;;;;;/p-2. The Balaban J connectivity index is -0.0000000771. The number of aromatic nitrogens is 2. The predicted octanol–water partition coefficient (Wildman–Crippen LogP) is -13.0. The summed E-state index contributed by atoms with van der Waals surface area (Å²) in [4.78, 5) is 82.0. The molecule has 0 radical (unpaired) electrons. The first-order valence-electron chi connectivity index (χ1n) is 8.57. The van der Waals surface area contributed by atoms with Gasteiger partial charge < -0.3 is 91.3 Å². The second-order valence-corrected chi connectivity index (χ2v) is 14.7. The van der Waals surface area contributed by atoms with Crippen molar-refractivity contribution < 1.29 is 160 Å². The van der Waals surface area contributed by atoms with Gasteiger partial charge in [0, 0.05) is 37.6 Å². The maximum absolute atomic E-state index is 11.0. The summed E-state index contributed by atoms with van der Waals surface area (Å²) < 4.78 is 43.8. The molecule has 0 aliphatic rings. The normalized spacial score (nSPS) is 15.7. The Morgan fingerprint density at radius 1 is 0.595 bits per heavy atom. The van der Waals surface area contributed by atoms with Crippen LogP contribution in [0.2, 0.25) is 0 Å². The van der Waals surface area contributed by atoms with Gasteiger partial charge in [-0.05, 0) is 23.3 Å². The number of hydrogen-bond acceptors (Lipinski definition) is 10. The first-order valence-corrected chi connectivity index (χ1v) is 15.0. The second-order valence-electron chi connectivity index (χ2n) is 6.75. The molecule has 2 aromatic heterocycles. The van der Waals surface area contributed by atoms with Crippen molar-refractivity contribution in [1.82, 2.24) is 9.97 Å². The molecule has 2 aromatic rings. The number of pyridine rings is 2. The minimum absolute atomic E-state index is 0. The molecular formula is C14H32N2Na2O20P4. The van der Waals surface area contributed by atoms with Gasteiger partial charge in [0.05, 0.1) is 0 Å². The average molecular weight is 718 g/mol. The van der Waals surface area contributed by atoms with Crippen LogP contribution in [0, 0.1) is 0 Å². The van der Waals surface area contributed by atoms with E-state index in [0.29, 0.717) is 0 Å². The van der Waals surface area contributed by atoms with Gasteiger partial charge in [-0.3, -0.25) is 19.1 Å². The average Bonchev–Trinajstić information content (AvgIpc) is 2.66. The number of aliphatic hydroxyl groups is 2. The molecule has 0 amide bonds. The molecule has 20 N–H and O–H groups in total. The molecule has 0 bridgehead atoms. The molecule has 0 aliphatic heterocycles. The SMILES string of the molecule is O.O.O.O.O.O.O=P([O-])(O)C(O)(Cc1cccnc1)P(=O)(O)O.O=P([O-])(O)C(O)(Cc1cccnc1)P(=O)(O)O.[Na+].[Na+]. The van der Waals surface area contributed by atoms with Gasteiger partial charge in [-0.25, -0.2) is 0 Å². The minimum Gasteiger partial charge on any atom is -0.776 e. The van der Waals surface area contributed by atoms with Crippen LogP contribution < -0.4 is 68.9 Å². The summed E-state index contributed by atoms with van der Waals surface area (Å²) in [5, 5.41) is 12.0. The molecule has 0 spiro atoms. The first-order chi connectivity index (χ1) is 15.2.